The molecule has 1 heterocycles. The maximum atomic E-state index is 11.6. The summed E-state index contributed by atoms with van der Waals surface area (Å²) in [4.78, 5) is 2.56. The van der Waals surface area contributed by atoms with Gasteiger partial charge in [0.15, 0.2) is 0 Å². The van der Waals surface area contributed by atoms with Crippen LogP contribution in [0.1, 0.15) is 13.3 Å². The van der Waals surface area contributed by atoms with Crippen LogP contribution in [0.2, 0.25) is 0 Å². The van der Waals surface area contributed by atoms with Crippen molar-refractivity contribution in [2.75, 3.05) is 45.1 Å². The SMILES string of the molecule is CCCNCCS(=O)(=O)NN1CCOCC1. The fraction of sp³-hybridized carbons (Fsp3) is 1.00. The largest absolute Gasteiger partial charge is 0.379 e. The molecule has 6 nitrogen and oxygen atoms in total. The van der Waals surface area contributed by atoms with Crippen LogP contribution in [0, 0.1) is 0 Å². The number of hydrogen-bond acceptors (Lipinski definition) is 5. The summed E-state index contributed by atoms with van der Waals surface area (Å²) in [7, 11) is -3.20. The van der Waals surface area contributed by atoms with E-state index in [4.69, 9.17) is 4.74 Å². The van der Waals surface area contributed by atoms with Gasteiger partial charge in [0.25, 0.3) is 0 Å². The van der Waals surface area contributed by atoms with Gasteiger partial charge in [0, 0.05) is 19.6 Å². The molecule has 0 aromatic heterocycles. The lowest BCUT2D eigenvalue weighted by Crippen LogP contribution is -2.49. The van der Waals surface area contributed by atoms with Crippen LogP contribution in [0.3, 0.4) is 0 Å². The summed E-state index contributed by atoms with van der Waals surface area (Å²) in [5.74, 6) is 0.115. The third-order valence-electron chi connectivity index (χ3n) is 2.25. The lowest BCUT2D eigenvalue weighted by Gasteiger charge is -2.26. The summed E-state index contributed by atoms with van der Waals surface area (Å²) in [5, 5.41) is 4.76. The molecular formula is C9H21N3O3S. The molecule has 96 valence electrons. The number of nitrogens with one attached hydrogen (secondary N) is 2. The van der Waals surface area contributed by atoms with Gasteiger partial charge in [0.05, 0.1) is 19.0 Å². The van der Waals surface area contributed by atoms with Gasteiger partial charge in [-0.3, -0.25) is 0 Å². The molecule has 0 radical (unpaired) electrons. The first-order valence-electron chi connectivity index (χ1n) is 5.67. The third-order valence-corrected chi connectivity index (χ3v) is 3.53. The highest BCUT2D eigenvalue weighted by atomic mass is 32.2. The van der Waals surface area contributed by atoms with Gasteiger partial charge < -0.3 is 10.1 Å². The van der Waals surface area contributed by atoms with Crippen molar-refractivity contribution in [2.45, 2.75) is 13.3 Å². The van der Waals surface area contributed by atoms with E-state index in [0.29, 0.717) is 32.8 Å². The molecule has 0 aliphatic carbocycles. The van der Waals surface area contributed by atoms with E-state index in [1.54, 1.807) is 5.01 Å². The molecule has 16 heavy (non-hydrogen) atoms. The Balaban J connectivity index is 2.22. The average Bonchev–Trinajstić information content (AvgIpc) is 2.25. The van der Waals surface area contributed by atoms with Crippen molar-refractivity contribution in [3.8, 4) is 0 Å². The molecule has 1 saturated heterocycles. The summed E-state index contributed by atoms with van der Waals surface area (Å²) in [5.41, 5.74) is 0. The highest BCUT2D eigenvalue weighted by Crippen LogP contribution is 1.95. The number of nitrogens with zero attached hydrogens (tertiary/aromatic N) is 1. The molecule has 0 atom stereocenters. The molecule has 1 fully saturated rings. The monoisotopic (exact) mass is 251 g/mol. The quantitative estimate of drug-likeness (QED) is 0.577. The molecular weight excluding hydrogens is 230 g/mol. The predicted molar refractivity (Wildman–Crippen MR) is 62.5 cm³/mol. The van der Waals surface area contributed by atoms with Crippen LogP contribution in [-0.2, 0) is 14.8 Å². The zero-order valence-electron chi connectivity index (χ0n) is 9.74. The van der Waals surface area contributed by atoms with Gasteiger partial charge in [-0.25, -0.2) is 13.4 Å². The van der Waals surface area contributed by atoms with Gasteiger partial charge in [0.2, 0.25) is 10.0 Å². The van der Waals surface area contributed by atoms with Gasteiger partial charge in [-0.2, -0.15) is 0 Å². The number of morpholine rings is 1. The van der Waals surface area contributed by atoms with Crippen molar-refractivity contribution in [1.82, 2.24) is 15.2 Å². The molecule has 1 aliphatic heterocycles. The van der Waals surface area contributed by atoms with E-state index in [9.17, 15) is 8.42 Å². The number of ether oxygens (including phenoxy) is 1. The topological polar surface area (TPSA) is 70.7 Å². The Kier molecular flexibility index (Phi) is 6.22. The first-order valence-corrected chi connectivity index (χ1v) is 7.33. The summed E-state index contributed by atoms with van der Waals surface area (Å²) in [6.45, 7) is 5.78. The number of rotatable bonds is 7. The molecule has 0 amide bonds. The predicted octanol–water partition coefficient (Wildman–Crippen LogP) is -0.847. The van der Waals surface area contributed by atoms with Crippen LogP contribution in [0.5, 0.6) is 0 Å². The number of hydrogen-bond donors (Lipinski definition) is 2. The minimum absolute atomic E-state index is 0.115. The van der Waals surface area contributed by atoms with Crippen molar-refractivity contribution < 1.29 is 13.2 Å². The molecule has 0 aromatic carbocycles. The Bertz CT molecular complexity index is 276. The molecule has 0 spiro atoms. The van der Waals surface area contributed by atoms with Gasteiger partial charge in [-0.05, 0) is 13.0 Å². The minimum Gasteiger partial charge on any atom is -0.379 e. The van der Waals surface area contributed by atoms with Crippen LogP contribution in [-0.4, -0.2) is 58.6 Å². The lowest BCUT2D eigenvalue weighted by molar-refractivity contribution is 0.0272. The standard InChI is InChI=1S/C9H21N3O3S/c1-2-3-10-4-9-16(13,14)11-12-5-7-15-8-6-12/h10-11H,2-9H2,1H3. The fourth-order valence-corrected chi connectivity index (χ4v) is 2.49. The molecule has 0 aromatic rings. The van der Waals surface area contributed by atoms with Crippen molar-refractivity contribution in [2.24, 2.45) is 0 Å². The maximum absolute atomic E-state index is 11.6. The van der Waals surface area contributed by atoms with Gasteiger partial charge in [0.1, 0.15) is 0 Å². The van der Waals surface area contributed by atoms with Crippen LogP contribution in [0.15, 0.2) is 0 Å². The summed E-state index contributed by atoms with van der Waals surface area (Å²) in [6, 6.07) is 0. The third kappa shape index (κ3) is 5.76. The Morgan fingerprint density at radius 1 is 1.25 bits per heavy atom. The van der Waals surface area contributed by atoms with Crippen LogP contribution in [0.25, 0.3) is 0 Å². The van der Waals surface area contributed by atoms with Crippen LogP contribution < -0.4 is 10.1 Å². The van der Waals surface area contributed by atoms with E-state index in [0.717, 1.165) is 13.0 Å². The maximum Gasteiger partial charge on any atom is 0.225 e. The van der Waals surface area contributed by atoms with Crippen molar-refractivity contribution in [3.05, 3.63) is 0 Å². The zero-order valence-corrected chi connectivity index (χ0v) is 10.6. The summed E-state index contributed by atoms with van der Waals surface area (Å²) < 4.78 is 28.4. The molecule has 0 saturated carbocycles. The van der Waals surface area contributed by atoms with E-state index in [2.05, 4.69) is 10.1 Å². The van der Waals surface area contributed by atoms with Gasteiger partial charge >= 0.3 is 0 Å². The smallest absolute Gasteiger partial charge is 0.225 e. The normalized spacial score (nSPS) is 18.8. The molecule has 0 bridgehead atoms. The Morgan fingerprint density at radius 3 is 2.56 bits per heavy atom. The van der Waals surface area contributed by atoms with Crippen molar-refractivity contribution >= 4 is 10.0 Å². The summed E-state index contributed by atoms with van der Waals surface area (Å²) in [6.07, 6.45) is 1.01. The second kappa shape index (κ2) is 7.18. The van der Waals surface area contributed by atoms with Crippen LogP contribution in [0.4, 0.5) is 0 Å². The van der Waals surface area contributed by atoms with E-state index < -0.39 is 10.0 Å². The second-order valence-corrected chi connectivity index (χ2v) is 5.58. The fourth-order valence-electron chi connectivity index (χ4n) is 1.41. The van der Waals surface area contributed by atoms with E-state index in [1.165, 1.54) is 0 Å². The molecule has 0 unspecified atom stereocenters. The Morgan fingerprint density at radius 2 is 1.94 bits per heavy atom. The zero-order chi connectivity index (χ0) is 11.9. The molecule has 1 aliphatic rings. The minimum atomic E-state index is -3.20. The number of sulfonamides is 1. The average molecular weight is 251 g/mol. The molecule has 1 rings (SSSR count). The highest BCUT2D eigenvalue weighted by molar-refractivity contribution is 7.89. The van der Waals surface area contributed by atoms with Crippen molar-refractivity contribution in [1.29, 1.82) is 0 Å². The first-order chi connectivity index (χ1) is 7.64. The Hall–Kier alpha value is -0.210. The van der Waals surface area contributed by atoms with Gasteiger partial charge in [-0.15, -0.1) is 4.83 Å². The van der Waals surface area contributed by atoms with E-state index in [1.807, 2.05) is 6.92 Å². The van der Waals surface area contributed by atoms with Crippen LogP contribution >= 0.6 is 0 Å². The number of hydrazine groups is 1. The van der Waals surface area contributed by atoms with Crippen molar-refractivity contribution in [3.63, 3.8) is 0 Å². The Labute approximate surface area is 97.4 Å². The lowest BCUT2D eigenvalue weighted by atomic mass is 10.5. The molecule has 7 heteroatoms. The second-order valence-electron chi connectivity index (χ2n) is 3.76. The van der Waals surface area contributed by atoms with Gasteiger partial charge in [-0.1, -0.05) is 6.92 Å². The van der Waals surface area contributed by atoms with E-state index >= 15 is 0 Å². The summed E-state index contributed by atoms with van der Waals surface area (Å²) >= 11 is 0. The first kappa shape index (κ1) is 13.9. The highest BCUT2D eigenvalue weighted by Gasteiger charge is 2.17. The molecule has 2 N–H and O–H groups in total. The van der Waals surface area contributed by atoms with E-state index in [-0.39, 0.29) is 5.75 Å².